The summed E-state index contributed by atoms with van der Waals surface area (Å²) in [7, 11) is 0. The molecule has 0 aliphatic heterocycles. The van der Waals surface area contributed by atoms with Gasteiger partial charge in [-0.25, -0.2) is 4.79 Å². The lowest BCUT2D eigenvalue weighted by molar-refractivity contribution is -0.137. The lowest BCUT2D eigenvalue weighted by atomic mass is 9.98. The summed E-state index contributed by atoms with van der Waals surface area (Å²) in [6.07, 6.45) is 1.25. The van der Waals surface area contributed by atoms with Crippen molar-refractivity contribution in [2.45, 2.75) is 50.6 Å². The molecule has 2 saturated carbocycles. The van der Waals surface area contributed by atoms with E-state index in [9.17, 15) is 14.4 Å². The zero-order chi connectivity index (χ0) is 23.8. The summed E-state index contributed by atoms with van der Waals surface area (Å²) in [5, 5.41) is 14.7. The van der Waals surface area contributed by atoms with Gasteiger partial charge in [-0.1, -0.05) is 55.5 Å². The maximum absolute atomic E-state index is 12.8. The molecule has 5 unspecified atom stereocenters. The van der Waals surface area contributed by atoms with Crippen LogP contribution in [0.15, 0.2) is 48.5 Å². The Balaban J connectivity index is 1.20. The molecule has 7 heteroatoms. The highest BCUT2D eigenvalue weighted by Crippen LogP contribution is 2.54. The van der Waals surface area contributed by atoms with E-state index in [-0.39, 0.29) is 37.3 Å². The van der Waals surface area contributed by atoms with Gasteiger partial charge in [-0.15, -0.1) is 0 Å². The molecule has 2 aromatic rings. The molecule has 0 radical (unpaired) electrons. The first-order valence-electron chi connectivity index (χ1n) is 12.1. The van der Waals surface area contributed by atoms with E-state index in [1.165, 1.54) is 6.42 Å². The highest BCUT2D eigenvalue weighted by atomic mass is 16.5. The molecule has 2 amide bonds. The third-order valence-electron chi connectivity index (χ3n) is 7.49. The molecule has 7 nitrogen and oxygen atoms in total. The van der Waals surface area contributed by atoms with Crippen LogP contribution >= 0.6 is 0 Å². The highest BCUT2D eigenvalue weighted by molar-refractivity contribution is 5.86. The highest BCUT2D eigenvalue weighted by Gasteiger charge is 2.52. The monoisotopic (exact) mass is 462 g/mol. The second kappa shape index (κ2) is 9.12. The molecule has 34 heavy (non-hydrogen) atoms. The molecule has 3 N–H and O–H groups in total. The van der Waals surface area contributed by atoms with Gasteiger partial charge in [-0.05, 0) is 59.3 Å². The first-order valence-corrected chi connectivity index (χ1v) is 12.1. The van der Waals surface area contributed by atoms with Gasteiger partial charge in [0.25, 0.3) is 0 Å². The maximum Gasteiger partial charge on any atom is 0.407 e. The molecule has 178 valence electrons. The zero-order valence-electron chi connectivity index (χ0n) is 19.2. The molecule has 0 bridgehead atoms. The van der Waals surface area contributed by atoms with E-state index < -0.39 is 18.1 Å². The number of rotatable bonds is 9. The fraction of sp³-hybridized carbons (Fsp3) is 0.444. The minimum absolute atomic E-state index is 0.0164. The van der Waals surface area contributed by atoms with E-state index in [4.69, 9.17) is 9.84 Å². The van der Waals surface area contributed by atoms with E-state index in [0.29, 0.717) is 17.8 Å². The first kappa shape index (κ1) is 22.4. The average molecular weight is 463 g/mol. The van der Waals surface area contributed by atoms with Gasteiger partial charge in [0.1, 0.15) is 12.6 Å². The van der Waals surface area contributed by atoms with Crippen LogP contribution in [-0.2, 0) is 14.3 Å². The van der Waals surface area contributed by atoms with Gasteiger partial charge >= 0.3 is 12.1 Å². The number of alkyl carbamates (subject to hydrolysis) is 1. The molecular weight excluding hydrogens is 432 g/mol. The number of benzene rings is 2. The number of ether oxygens (including phenoxy) is 1. The quantitative estimate of drug-likeness (QED) is 0.524. The predicted molar refractivity (Wildman–Crippen MR) is 126 cm³/mol. The Morgan fingerprint density at radius 1 is 1.00 bits per heavy atom. The van der Waals surface area contributed by atoms with Crippen molar-refractivity contribution in [2.24, 2.45) is 17.8 Å². The maximum atomic E-state index is 12.8. The summed E-state index contributed by atoms with van der Waals surface area (Å²) in [4.78, 5) is 36.6. The normalized spacial score (nSPS) is 25.0. The summed E-state index contributed by atoms with van der Waals surface area (Å²) in [6.45, 7) is 2.35. The van der Waals surface area contributed by atoms with Gasteiger partial charge in [0.15, 0.2) is 0 Å². The minimum atomic E-state index is -1.01. The van der Waals surface area contributed by atoms with Gasteiger partial charge in [-0.3, -0.25) is 9.59 Å². The van der Waals surface area contributed by atoms with Crippen molar-refractivity contribution in [3.63, 3.8) is 0 Å². The molecule has 0 saturated heterocycles. The van der Waals surface area contributed by atoms with Crippen molar-refractivity contribution < 1.29 is 24.2 Å². The lowest BCUT2D eigenvalue weighted by Crippen LogP contribution is -2.48. The number of carboxylic acid groups (broad SMARTS) is 1. The summed E-state index contributed by atoms with van der Waals surface area (Å²) in [6, 6.07) is 15.3. The summed E-state index contributed by atoms with van der Waals surface area (Å²) in [5.41, 5.74) is 4.47. The minimum Gasteiger partial charge on any atom is -0.481 e. The van der Waals surface area contributed by atoms with Crippen LogP contribution in [0.3, 0.4) is 0 Å². The summed E-state index contributed by atoms with van der Waals surface area (Å²) < 4.78 is 5.55. The van der Waals surface area contributed by atoms with Crippen LogP contribution in [0, 0.1) is 17.8 Å². The first-order chi connectivity index (χ1) is 16.4. The fourth-order valence-electron chi connectivity index (χ4n) is 5.40. The Morgan fingerprint density at radius 3 is 2.21 bits per heavy atom. The van der Waals surface area contributed by atoms with Crippen molar-refractivity contribution in [2.75, 3.05) is 6.61 Å². The molecule has 5 rings (SSSR count). The second-order valence-electron chi connectivity index (χ2n) is 9.85. The Hall–Kier alpha value is -3.35. The standard InChI is InChI=1S/C27H30N2O5/c1-15-12-20(15)21-13-24(21)28-26(32)23(10-11-25(30)31)29-27(33)34-14-22-18-8-4-2-6-16(18)17-7-3-5-9-19(17)22/h2-9,15,20-24H,10-14H2,1H3,(H,28,32)(H,29,33)(H,30,31). The Kier molecular flexibility index (Phi) is 6.02. The topological polar surface area (TPSA) is 105 Å². The van der Waals surface area contributed by atoms with Crippen LogP contribution < -0.4 is 10.6 Å². The average Bonchev–Trinajstić information content (AvgIpc) is 3.72. The number of nitrogens with one attached hydrogen (secondary N) is 2. The van der Waals surface area contributed by atoms with E-state index in [2.05, 4.69) is 29.7 Å². The van der Waals surface area contributed by atoms with Crippen LogP contribution in [0.5, 0.6) is 0 Å². The molecule has 0 heterocycles. The van der Waals surface area contributed by atoms with Crippen molar-refractivity contribution in [3.8, 4) is 11.1 Å². The fourth-order valence-corrected chi connectivity index (χ4v) is 5.40. The summed E-state index contributed by atoms with van der Waals surface area (Å²) >= 11 is 0. The largest absolute Gasteiger partial charge is 0.481 e. The number of fused-ring (bicyclic) bond motifs is 3. The van der Waals surface area contributed by atoms with Crippen LogP contribution in [-0.4, -0.2) is 41.8 Å². The van der Waals surface area contributed by atoms with Gasteiger partial charge in [-0.2, -0.15) is 0 Å². The number of amides is 2. The van der Waals surface area contributed by atoms with Gasteiger partial charge < -0.3 is 20.5 Å². The number of hydrogen-bond acceptors (Lipinski definition) is 4. The van der Waals surface area contributed by atoms with Crippen molar-refractivity contribution in [1.29, 1.82) is 0 Å². The second-order valence-corrected chi connectivity index (χ2v) is 9.85. The van der Waals surface area contributed by atoms with Gasteiger partial charge in [0.05, 0.1) is 0 Å². The Bertz CT molecular complexity index is 1070. The smallest absolute Gasteiger partial charge is 0.407 e. The zero-order valence-corrected chi connectivity index (χ0v) is 19.2. The Labute approximate surface area is 198 Å². The van der Waals surface area contributed by atoms with E-state index in [1.807, 2.05) is 36.4 Å². The number of carboxylic acids is 1. The number of carbonyl (C=O) groups excluding carboxylic acids is 2. The molecular formula is C27H30N2O5. The summed E-state index contributed by atoms with van der Waals surface area (Å²) in [5.74, 6) is 0.469. The van der Waals surface area contributed by atoms with Crippen LogP contribution in [0.25, 0.3) is 11.1 Å². The number of carbonyl (C=O) groups is 3. The third kappa shape index (κ3) is 4.65. The van der Waals surface area contributed by atoms with E-state index in [0.717, 1.165) is 28.7 Å². The SMILES string of the molecule is CC1CC1C1CC1NC(=O)C(CCC(=O)O)NC(=O)OCC1c2ccccc2-c2ccccc21. The van der Waals surface area contributed by atoms with Crippen LogP contribution in [0.1, 0.15) is 49.7 Å². The van der Waals surface area contributed by atoms with Gasteiger partial charge in [0, 0.05) is 18.4 Å². The molecule has 3 aliphatic rings. The van der Waals surface area contributed by atoms with Crippen molar-refractivity contribution in [3.05, 3.63) is 59.7 Å². The predicted octanol–water partition coefficient (Wildman–Crippen LogP) is 3.92. The lowest BCUT2D eigenvalue weighted by Gasteiger charge is -2.19. The number of hydrogen-bond donors (Lipinski definition) is 3. The third-order valence-corrected chi connectivity index (χ3v) is 7.49. The van der Waals surface area contributed by atoms with Crippen LogP contribution in [0.2, 0.25) is 0 Å². The molecule has 0 spiro atoms. The van der Waals surface area contributed by atoms with Gasteiger partial charge in [0.2, 0.25) is 5.91 Å². The Morgan fingerprint density at radius 2 is 1.62 bits per heavy atom. The molecule has 2 fully saturated rings. The molecule has 5 atom stereocenters. The molecule has 0 aromatic heterocycles. The van der Waals surface area contributed by atoms with E-state index in [1.54, 1.807) is 0 Å². The van der Waals surface area contributed by atoms with E-state index >= 15 is 0 Å². The van der Waals surface area contributed by atoms with Crippen molar-refractivity contribution >= 4 is 18.0 Å². The van der Waals surface area contributed by atoms with Crippen molar-refractivity contribution in [1.82, 2.24) is 10.6 Å². The number of aliphatic carboxylic acids is 1. The molecule has 2 aromatic carbocycles. The molecule has 3 aliphatic carbocycles. The van der Waals surface area contributed by atoms with Crippen LogP contribution in [0.4, 0.5) is 4.79 Å².